The lowest BCUT2D eigenvalue weighted by Crippen LogP contribution is -2.55. The first-order valence-corrected chi connectivity index (χ1v) is 13.3. The van der Waals surface area contributed by atoms with Gasteiger partial charge in [0.15, 0.2) is 5.69 Å². The van der Waals surface area contributed by atoms with E-state index in [0.717, 1.165) is 28.1 Å². The minimum Gasteiger partial charge on any atom is -0.496 e. The van der Waals surface area contributed by atoms with E-state index in [9.17, 15) is 4.79 Å². The molecule has 0 unspecified atom stereocenters. The molecule has 0 spiro atoms. The lowest BCUT2D eigenvalue weighted by Gasteiger charge is -2.41. The van der Waals surface area contributed by atoms with E-state index in [0.29, 0.717) is 42.5 Å². The highest BCUT2D eigenvalue weighted by Gasteiger charge is 2.39. The van der Waals surface area contributed by atoms with Crippen molar-refractivity contribution in [3.63, 3.8) is 0 Å². The van der Waals surface area contributed by atoms with Crippen LogP contribution in [-0.4, -0.2) is 86.3 Å². The average molecular weight is 535 g/mol. The van der Waals surface area contributed by atoms with Crippen molar-refractivity contribution in [3.05, 3.63) is 52.6 Å². The molecule has 6 radical (unpaired) electrons. The highest BCUT2D eigenvalue weighted by molar-refractivity contribution is 7.08. The number of aromatic nitrogens is 4. The maximum absolute atomic E-state index is 13.9. The monoisotopic (exact) mass is 535 g/mol. The SMILES string of the molecule is [B]C([B])([B])n1cc(-c2cc3c(cc2OC)OCc2c(C(=O)N4CCOCC4(C)C)nn(-c4ccsc4)c2-3)cn1. The Kier molecular flexibility index (Phi) is 6.18. The number of benzene rings is 1. The molecule has 6 rings (SSSR count). The van der Waals surface area contributed by atoms with Crippen LogP contribution in [0.15, 0.2) is 41.4 Å². The fraction of sp³-hybridized carbons (Fsp3) is 0.346. The number of methoxy groups -OCH3 is 1. The van der Waals surface area contributed by atoms with Gasteiger partial charge in [0.05, 0.1) is 67.0 Å². The Hall–Kier alpha value is -3.44. The molecule has 9 nitrogen and oxygen atoms in total. The molecule has 0 N–H and O–H groups in total. The fourth-order valence-corrected chi connectivity index (χ4v) is 5.66. The van der Waals surface area contributed by atoms with Crippen molar-refractivity contribution in [2.45, 2.75) is 31.2 Å². The number of fused-ring (bicyclic) bond motifs is 3. The number of rotatable bonds is 5. The summed E-state index contributed by atoms with van der Waals surface area (Å²) in [5, 5.41) is 11.4. The van der Waals surface area contributed by atoms with Gasteiger partial charge in [-0.25, -0.2) is 4.68 Å². The molecule has 0 bridgehead atoms. The molecule has 2 aliphatic heterocycles. The van der Waals surface area contributed by atoms with Crippen LogP contribution in [0.5, 0.6) is 11.5 Å². The number of amides is 1. The summed E-state index contributed by atoms with van der Waals surface area (Å²) in [7, 11) is 19.1. The molecule has 39 heavy (non-hydrogen) atoms. The maximum atomic E-state index is 13.9. The second-order valence-corrected chi connectivity index (χ2v) is 11.1. The minimum atomic E-state index is -1.66. The van der Waals surface area contributed by atoms with Gasteiger partial charge in [0.1, 0.15) is 18.1 Å². The molecule has 2 aliphatic rings. The Morgan fingerprint density at radius 1 is 1.23 bits per heavy atom. The summed E-state index contributed by atoms with van der Waals surface area (Å²) in [5.74, 6) is 1.03. The fourth-order valence-electron chi connectivity index (χ4n) is 5.05. The van der Waals surface area contributed by atoms with Crippen LogP contribution in [0.4, 0.5) is 0 Å². The topological polar surface area (TPSA) is 83.6 Å². The molecule has 1 fully saturated rings. The number of hydrogen-bond donors (Lipinski definition) is 0. The molecular weight excluding hydrogens is 511 g/mol. The van der Waals surface area contributed by atoms with Gasteiger partial charge in [0, 0.05) is 46.4 Å². The number of ether oxygens (including phenoxy) is 3. The summed E-state index contributed by atoms with van der Waals surface area (Å²) >= 11 is 1.55. The predicted octanol–water partition coefficient (Wildman–Crippen LogP) is 2.69. The highest BCUT2D eigenvalue weighted by atomic mass is 32.1. The van der Waals surface area contributed by atoms with Gasteiger partial charge < -0.3 is 19.1 Å². The van der Waals surface area contributed by atoms with Gasteiger partial charge in [0.25, 0.3) is 5.91 Å². The van der Waals surface area contributed by atoms with E-state index < -0.39 is 10.8 Å². The predicted molar refractivity (Wildman–Crippen MR) is 150 cm³/mol. The van der Waals surface area contributed by atoms with Crippen molar-refractivity contribution in [2.75, 3.05) is 26.9 Å². The maximum Gasteiger partial charge on any atom is 0.275 e. The Labute approximate surface area is 234 Å². The van der Waals surface area contributed by atoms with E-state index in [1.165, 1.54) is 4.68 Å². The zero-order valence-corrected chi connectivity index (χ0v) is 22.7. The van der Waals surface area contributed by atoms with Crippen LogP contribution in [0.1, 0.15) is 29.9 Å². The van der Waals surface area contributed by atoms with E-state index in [1.54, 1.807) is 30.8 Å². The van der Waals surface area contributed by atoms with E-state index in [1.807, 2.05) is 52.4 Å². The Bertz CT molecular complexity index is 1560. The molecule has 5 heterocycles. The van der Waals surface area contributed by atoms with E-state index in [2.05, 4.69) is 5.10 Å². The van der Waals surface area contributed by atoms with Gasteiger partial charge in [-0.05, 0) is 36.6 Å². The third-order valence-corrected chi connectivity index (χ3v) is 7.72. The van der Waals surface area contributed by atoms with Gasteiger partial charge in [-0.15, -0.1) is 0 Å². The third-order valence-electron chi connectivity index (χ3n) is 7.05. The van der Waals surface area contributed by atoms with Gasteiger partial charge in [-0.1, -0.05) is 0 Å². The van der Waals surface area contributed by atoms with Crippen LogP contribution in [0.25, 0.3) is 28.1 Å². The molecular formula is C26H24B3N5O4S. The lowest BCUT2D eigenvalue weighted by molar-refractivity contribution is -0.0374. The number of carbonyl (C=O) groups is 1. The van der Waals surface area contributed by atoms with Crippen molar-refractivity contribution in [1.29, 1.82) is 0 Å². The molecule has 3 aromatic heterocycles. The van der Waals surface area contributed by atoms with E-state index in [-0.39, 0.29) is 12.5 Å². The molecule has 0 atom stereocenters. The normalized spacial score (nSPS) is 16.3. The summed E-state index contributed by atoms with van der Waals surface area (Å²) in [6.07, 6.45) is 3.27. The molecule has 4 aromatic rings. The Balaban J connectivity index is 1.53. The summed E-state index contributed by atoms with van der Waals surface area (Å²) in [4.78, 5) is 15.8. The van der Waals surface area contributed by atoms with Crippen LogP contribution >= 0.6 is 11.3 Å². The van der Waals surface area contributed by atoms with Gasteiger partial charge >= 0.3 is 0 Å². The first kappa shape index (κ1) is 25.8. The largest absolute Gasteiger partial charge is 0.496 e. The number of carbonyl (C=O) groups excluding carboxylic acids is 1. The second kappa shape index (κ2) is 9.34. The Morgan fingerprint density at radius 3 is 2.72 bits per heavy atom. The van der Waals surface area contributed by atoms with Crippen molar-refractivity contribution in [3.8, 4) is 39.6 Å². The molecule has 1 saturated heterocycles. The molecule has 1 aromatic carbocycles. The van der Waals surface area contributed by atoms with Crippen molar-refractivity contribution in [1.82, 2.24) is 24.5 Å². The smallest absolute Gasteiger partial charge is 0.275 e. The van der Waals surface area contributed by atoms with Gasteiger partial charge in [0.2, 0.25) is 0 Å². The van der Waals surface area contributed by atoms with Gasteiger partial charge in [-0.2, -0.15) is 21.5 Å². The van der Waals surface area contributed by atoms with Gasteiger partial charge in [-0.3, -0.25) is 9.48 Å². The molecule has 0 saturated carbocycles. The summed E-state index contributed by atoms with van der Waals surface area (Å²) in [6, 6.07) is 5.73. The van der Waals surface area contributed by atoms with Crippen LogP contribution in [-0.2, 0) is 16.6 Å². The van der Waals surface area contributed by atoms with Crippen LogP contribution in [0.3, 0.4) is 0 Å². The summed E-state index contributed by atoms with van der Waals surface area (Å²) in [5.41, 5.74) is 4.44. The number of hydrogen-bond acceptors (Lipinski definition) is 7. The molecule has 0 aliphatic carbocycles. The quantitative estimate of drug-likeness (QED) is 0.366. The van der Waals surface area contributed by atoms with E-state index >= 15 is 0 Å². The second-order valence-electron chi connectivity index (χ2n) is 10.3. The first-order chi connectivity index (χ1) is 18.6. The zero-order valence-electron chi connectivity index (χ0n) is 21.9. The summed E-state index contributed by atoms with van der Waals surface area (Å²) in [6.45, 7) is 5.60. The van der Waals surface area contributed by atoms with Crippen LogP contribution in [0, 0.1) is 0 Å². The highest BCUT2D eigenvalue weighted by Crippen LogP contribution is 2.46. The van der Waals surface area contributed by atoms with E-state index in [4.69, 9.17) is 42.8 Å². The zero-order chi connectivity index (χ0) is 27.5. The standard InChI is InChI=1S/C26H24B3N5O4S/c1-25(2)14-37-6-5-32(25)24(35)22-19-12-38-21-9-20(36-3)17(15-10-30-33(11-15)26(27,28)29)8-18(21)23(19)34(31-22)16-4-7-39-13-16/h4,7-11,13H,5-6,12,14H2,1-3H3. The number of nitrogens with zero attached hydrogens (tertiary/aromatic N) is 5. The first-order valence-electron chi connectivity index (χ1n) is 12.4. The lowest BCUT2D eigenvalue weighted by atomic mass is 9.49. The Morgan fingerprint density at radius 2 is 2.05 bits per heavy atom. The van der Waals surface area contributed by atoms with Crippen molar-refractivity contribution < 1.29 is 19.0 Å². The summed E-state index contributed by atoms with van der Waals surface area (Å²) < 4.78 is 20.6. The molecule has 13 heteroatoms. The number of thiophene rings is 1. The van der Waals surface area contributed by atoms with Crippen LogP contribution < -0.4 is 9.47 Å². The van der Waals surface area contributed by atoms with Crippen molar-refractivity contribution in [2.24, 2.45) is 0 Å². The van der Waals surface area contributed by atoms with Crippen molar-refractivity contribution >= 4 is 40.8 Å². The average Bonchev–Trinajstić information content (AvgIpc) is 3.66. The number of morpholine rings is 1. The minimum absolute atomic E-state index is 0.152. The molecule has 192 valence electrons. The van der Waals surface area contributed by atoms with Crippen LogP contribution in [0.2, 0.25) is 0 Å². The molecule has 1 amide bonds. The third kappa shape index (κ3) is 4.37.